The van der Waals surface area contributed by atoms with Crippen molar-refractivity contribution >= 4 is 11.9 Å². The van der Waals surface area contributed by atoms with Gasteiger partial charge in [0.05, 0.1) is 28.2 Å². The van der Waals surface area contributed by atoms with Gasteiger partial charge in [0.1, 0.15) is 0 Å². The van der Waals surface area contributed by atoms with E-state index < -0.39 is 0 Å². The number of hydrogen-bond acceptors (Lipinski definition) is 8. The predicted octanol–water partition coefficient (Wildman–Crippen LogP) is -0.786. The molecule has 2 aromatic heterocycles. The Balaban J connectivity index is 2.09. The van der Waals surface area contributed by atoms with Crippen molar-refractivity contribution in [3.05, 3.63) is 23.2 Å². The topological polar surface area (TPSA) is 90.3 Å². The lowest BCUT2D eigenvalue weighted by Gasteiger charge is -2.07. The highest BCUT2D eigenvalue weighted by molar-refractivity contribution is 5.24. The van der Waals surface area contributed by atoms with Gasteiger partial charge in [0, 0.05) is 51.0 Å². The van der Waals surface area contributed by atoms with E-state index in [9.17, 15) is 0 Å². The van der Waals surface area contributed by atoms with Gasteiger partial charge in [0.15, 0.2) is 0 Å². The molecule has 154 valence electrons. The normalized spacial score (nSPS) is 10.7. The first kappa shape index (κ1) is 21.5. The van der Waals surface area contributed by atoms with Crippen molar-refractivity contribution in [2.75, 3.05) is 66.2 Å². The van der Waals surface area contributed by atoms with E-state index in [4.69, 9.17) is 8.83 Å². The average molecular weight is 393 g/mol. The maximum atomic E-state index is 5.80. The van der Waals surface area contributed by atoms with Crippen molar-refractivity contribution in [3.63, 3.8) is 0 Å². The molecule has 0 spiro atoms. The molecule has 0 aliphatic heterocycles. The predicted molar refractivity (Wildman–Crippen MR) is 108 cm³/mol. The fourth-order valence-corrected chi connectivity index (χ4v) is 2.30. The van der Waals surface area contributed by atoms with E-state index in [-0.39, 0.29) is 0 Å². The zero-order chi connectivity index (χ0) is 20.8. The van der Waals surface area contributed by atoms with Gasteiger partial charge in [-0.25, -0.2) is 9.15 Å². The number of anilines is 2. The first-order chi connectivity index (χ1) is 13.2. The molecule has 10 heteroatoms. The van der Waals surface area contributed by atoms with Crippen LogP contribution in [0.25, 0.3) is 0 Å². The highest BCUT2D eigenvalue weighted by Gasteiger charge is 2.15. The van der Waals surface area contributed by atoms with Crippen LogP contribution in [0.1, 0.15) is 24.6 Å². The molecule has 0 amide bonds. The van der Waals surface area contributed by atoms with Crippen LogP contribution >= 0.6 is 0 Å². The van der Waals surface area contributed by atoms with Gasteiger partial charge < -0.3 is 18.6 Å². The van der Waals surface area contributed by atoms with Crippen LogP contribution in [0.3, 0.4) is 0 Å². The molecule has 0 unspecified atom stereocenters. The fourth-order valence-electron chi connectivity index (χ4n) is 2.30. The highest BCUT2D eigenvalue weighted by Crippen LogP contribution is 2.08. The molecule has 0 bridgehead atoms. The van der Waals surface area contributed by atoms with Crippen LogP contribution in [0.4, 0.5) is 11.9 Å². The number of rotatable bonds is 7. The van der Waals surface area contributed by atoms with Gasteiger partial charge >= 0.3 is 23.3 Å². The molecular weight excluding hydrogens is 360 g/mol. The summed E-state index contributed by atoms with van der Waals surface area (Å²) in [6, 6.07) is 0. The van der Waals surface area contributed by atoms with Crippen LogP contribution in [0.5, 0.6) is 0 Å². The lowest BCUT2D eigenvalue weighted by atomic mass is 10.2. The van der Waals surface area contributed by atoms with E-state index >= 15 is 0 Å². The van der Waals surface area contributed by atoms with E-state index in [2.05, 4.69) is 19.9 Å². The molecule has 0 aromatic carbocycles. The van der Waals surface area contributed by atoms with Crippen molar-refractivity contribution in [2.45, 2.75) is 25.7 Å². The Morgan fingerprint density at radius 1 is 0.643 bits per heavy atom. The van der Waals surface area contributed by atoms with Crippen LogP contribution < -0.4 is 30.3 Å². The molecule has 2 heterocycles. The third-order valence-electron chi connectivity index (χ3n) is 3.86. The number of aryl methyl sites for hydroxylation is 2. The lowest BCUT2D eigenvalue weighted by molar-refractivity contribution is 0.355. The third-order valence-corrected chi connectivity index (χ3v) is 3.86. The summed E-state index contributed by atoms with van der Waals surface area (Å²) < 4.78 is 15.3. The van der Waals surface area contributed by atoms with Gasteiger partial charge in [-0.1, -0.05) is 0 Å². The molecule has 0 atom stereocenters. The third kappa shape index (κ3) is 5.86. The van der Waals surface area contributed by atoms with Crippen LogP contribution in [0.15, 0.2) is 8.83 Å². The van der Waals surface area contributed by atoms with Crippen LogP contribution in [0.2, 0.25) is 0 Å². The van der Waals surface area contributed by atoms with E-state index in [0.717, 1.165) is 25.7 Å². The van der Waals surface area contributed by atoms with E-state index in [1.807, 2.05) is 75.3 Å². The van der Waals surface area contributed by atoms with E-state index in [0.29, 0.717) is 35.0 Å². The van der Waals surface area contributed by atoms with E-state index in [1.54, 1.807) is 0 Å². The Morgan fingerprint density at radius 2 is 1.00 bits per heavy atom. The number of aromatic nitrogens is 4. The van der Waals surface area contributed by atoms with Crippen molar-refractivity contribution in [3.8, 4) is 0 Å². The van der Waals surface area contributed by atoms with Gasteiger partial charge in [-0.05, 0) is 12.8 Å². The Bertz CT molecular complexity index is 858. The summed E-state index contributed by atoms with van der Waals surface area (Å²) >= 11 is 0. The largest absolute Gasteiger partial charge is 0.503 e. The molecule has 2 aromatic rings. The minimum absolute atomic E-state index is 0.547. The number of hydrogen-bond donors (Lipinski definition) is 0. The Morgan fingerprint density at radius 3 is 1.29 bits per heavy atom. The van der Waals surface area contributed by atoms with Crippen molar-refractivity contribution < 1.29 is 8.83 Å². The van der Waals surface area contributed by atoms with Crippen LogP contribution in [-0.2, 0) is 12.8 Å². The lowest BCUT2D eigenvalue weighted by Crippen LogP contribution is -2.29. The molecule has 28 heavy (non-hydrogen) atoms. The van der Waals surface area contributed by atoms with E-state index in [1.165, 1.54) is 0 Å². The number of nitrogens with zero attached hydrogens (tertiary/aromatic N) is 8. The van der Waals surface area contributed by atoms with Crippen molar-refractivity contribution in [1.29, 1.82) is 0 Å². The molecule has 0 aliphatic rings. The second-order valence-electron chi connectivity index (χ2n) is 7.39. The smallest absolute Gasteiger partial charge is 0.374 e. The summed E-state index contributed by atoms with van der Waals surface area (Å²) in [4.78, 5) is 21.5. The zero-order valence-electron chi connectivity index (χ0n) is 18.2. The standard InChI is InChI=1S/C18H32N8O2/c1-23(2)15-19-13(27-17(21-15)25(5)6)11-9-10-12-14-20-16(24(3)4)22-18(28-14)26(7)8/h9-12H2,1-8H3/q+2. The molecule has 2 rings (SSSR count). The second-order valence-corrected chi connectivity index (χ2v) is 7.39. The molecule has 0 fully saturated rings. The summed E-state index contributed by atoms with van der Waals surface area (Å²) in [5.41, 5.74) is 1.09. The minimum Gasteiger partial charge on any atom is -0.374 e. The second kappa shape index (κ2) is 9.43. The Hall–Kier alpha value is -2.78. The Labute approximate surface area is 165 Å². The van der Waals surface area contributed by atoms with Gasteiger partial charge in [0.25, 0.3) is 0 Å². The van der Waals surface area contributed by atoms with Crippen molar-refractivity contribution in [1.82, 2.24) is 29.1 Å². The first-order valence-corrected chi connectivity index (χ1v) is 9.28. The summed E-state index contributed by atoms with van der Waals surface area (Å²) in [7, 11) is 15.3. The SMILES string of the molecule is CN(C)c1nc(CCCCc2nc(N(C)C)nc(=[N+](C)C)o2)oc(=[N+](C)C)n1. The maximum Gasteiger partial charge on any atom is 0.503 e. The van der Waals surface area contributed by atoms with Crippen LogP contribution in [-0.4, -0.2) is 76.3 Å². The minimum atomic E-state index is 0.547. The molecule has 0 aliphatic carbocycles. The summed E-state index contributed by atoms with van der Waals surface area (Å²) in [5, 5.41) is 0. The molecule has 10 nitrogen and oxygen atoms in total. The highest BCUT2D eigenvalue weighted by atomic mass is 16.4. The van der Waals surface area contributed by atoms with Crippen LogP contribution in [0, 0.1) is 0 Å². The molecular formula is C18H32N8O2+2. The van der Waals surface area contributed by atoms with Gasteiger partial charge in [-0.15, -0.1) is 0 Å². The van der Waals surface area contributed by atoms with Gasteiger partial charge in [0.2, 0.25) is 11.8 Å². The monoisotopic (exact) mass is 392 g/mol. The summed E-state index contributed by atoms with van der Waals surface area (Å²) in [6.07, 6.45) is 3.23. The quantitative estimate of drug-likeness (QED) is 0.448. The first-order valence-electron chi connectivity index (χ1n) is 9.28. The zero-order valence-corrected chi connectivity index (χ0v) is 18.2. The molecule has 0 radical (unpaired) electrons. The molecule has 0 saturated carbocycles. The molecule has 0 saturated heterocycles. The maximum absolute atomic E-state index is 5.80. The van der Waals surface area contributed by atoms with Gasteiger partial charge in [-0.2, -0.15) is 9.97 Å². The summed E-state index contributed by atoms with van der Waals surface area (Å²) in [5.74, 6) is 2.62. The summed E-state index contributed by atoms with van der Waals surface area (Å²) in [6.45, 7) is 0. The van der Waals surface area contributed by atoms with Gasteiger partial charge in [-0.3, -0.25) is 0 Å². The van der Waals surface area contributed by atoms with Crippen molar-refractivity contribution in [2.24, 2.45) is 0 Å². The number of unbranched alkanes of at least 4 members (excludes halogenated alkanes) is 1. The Kier molecular flexibility index (Phi) is 7.24. The fraction of sp³-hybridized carbons (Fsp3) is 0.667. The molecule has 0 N–H and O–H groups in total. The average Bonchev–Trinajstić information content (AvgIpc) is 2.64.